The number of carbonyl (C=O) groups excluding carboxylic acids is 2. The van der Waals surface area contributed by atoms with Crippen molar-refractivity contribution < 1.29 is 9.59 Å². The molecule has 2 aliphatic heterocycles. The Balaban J connectivity index is 1.56. The number of aromatic nitrogens is 1. The lowest BCUT2D eigenvalue weighted by atomic mass is 9.76. The summed E-state index contributed by atoms with van der Waals surface area (Å²) in [6, 6.07) is 16.7. The van der Waals surface area contributed by atoms with E-state index in [1.54, 1.807) is 0 Å². The number of para-hydroxylation sites is 1. The number of hydrogen-bond acceptors (Lipinski definition) is 2. The van der Waals surface area contributed by atoms with Crippen molar-refractivity contribution in [2.24, 2.45) is 0 Å². The average molecular weight is 492 g/mol. The quantitative estimate of drug-likeness (QED) is 0.553. The molecular weight excluding hydrogens is 466 g/mol. The summed E-state index contributed by atoms with van der Waals surface area (Å²) < 4.78 is 1.03. The van der Waals surface area contributed by atoms with Crippen LogP contribution in [0.15, 0.2) is 53.0 Å². The van der Waals surface area contributed by atoms with Crippen LogP contribution in [0, 0.1) is 0 Å². The van der Waals surface area contributed by atoms with Crippen LogP contribution in [0.5, 0.6) is 0 Å². The van der Waals surface area contributed by atoms with Gasteiger partial charge in [0.05, 0.1) is 5.69 Å². The zero-order valence-electron chi connectivity index (χ0n) is 18.1. The first-order valence-corrected chi connectivity index (χ1v) is 12.3. The number of amides is 2. The standard InChI is InChI=1S/C26H26BrN3O2/c1-26-24-23(19-8-4-5-9-21(19)28-24)20(16-10-12-17(27)13-11-16)14-30(26)22(31)15-29(25(26)32)18-6-2-3-7-18/h4-5,8-13,18,20,28H,2-3,6-7,14-15H2,1H3/t20?,26-/m0/s1. The maximum absolute atomic E-state index is 14.0. The Morgan fingerprint density at radius 2 is 1.75 bits per heavy atom. The van der Waals surface area contributed by atoms with Crippen LogP contribution in [-0.2, 0) is 15.1 Å². The van der Waals surface area contributed by atoms with Gasteiger partial charge >= 0.3 is 0 Å². The Kier molecular flexibility index (Phi) is 4.51. The molecule has 3 aliphatic rings. The molecule has 1 saturated heterocycles. The number of carbonyl (C=O) groups is 2. The summed E-state index contributed by atoms with van der Waals surface area (Å²) in [7, 11) is 0. The first-order valence-electron chi connectivity index (χ1n) is 11.5. The molecule has 0 spiro atoms. The second kappa shape index (κ2) is 7.20. The van der Waals surface area contributed by atoms with E-state index in [9.17, 15) is 9.59 Å². The number of rotatable bonds is 2. The highest BCUT2D eigenvalue weighted by molar-refractivity contribution is 9.10. The number of aromatic amines is 1. The third kappa shape index (κ3) is 2.75. The zero-order chi connectivity index (χ0) is 22.0. The molecule has 0 radical (unpaired) electrons. The van der Waals surface area contributed by atoms with Gasteiger partial charge in [-0.15, -0.1) is 0 Å². The number of hydrogen-bond donors (Lipinski definition) is 1. The molecule has 3 aromatic rings. The molecule has 6 heteroatoms. The van der Waals surface area contributed by atoms with E-state index >= 15 is 0 Å². The van der Waals surface area contributed by atoms with Crippen LogP contribution in [-0.4, -0.2) is 45.7 Å². The average Bonchev–Trinajstić information content (AvgIpc) is 3.46. The normalized spacial score (nSPS) is 26.0. The SMILES string of the molecule is C[C@]12C(=O)N(C3CCCC3)CC(=O)N1CC(c1ccc(Br)cc1)c1c2[nH]c2ccccc12. The summed E-state index contributed by atoms with van der Waals surface area (Å²) in [6.07, 6.45) is 4.26. The van der Waals surface area contributed by atoms with Crippen molar-refractivity contribution in [2.75, 3.05) is 13.1 Å². The Bertz CT molecular complexity index is 1230. The second-order valence-electron chi connectivity index (χ2n) is 9.51. The number of nitrogens with zero attached hydrogens (tertiary/aromatic N) is 2. The summed E-state index contributed by atoms with van der Waals surface area (Å²) in [5, 5.41) is 1.13. The topological polar surface area (TPSA) is 56.4 Å². The summed E-state index contributed by atoms with van der Waals surface area (Å²) in [4.78, 5) is 34.9. The molecule has 1 N–H and O–H groups in total. The van der Waals surface area contributed by atoms with Gasteiger partial charge in [0.15, 0.2) is 5.54 Å². The largest absolute Gasteiger partial charge is 0.356 e. The lowest BCUT2D eigenvalue weighted by molar-refractivity contribution is -0.168. The van der Waals surface area contributed by atoms with Crippen molar-refractivity contribution in [3.8, 4) is 0 Å². The van der Waals surface area contributed by atoms with Crippen LogP contribution >= 0.6 is 15.9 Å². The van der Waals surface area contributed by atoms with Crippen molar-refractivity contribution in [1.82, 2.24) is 14.8 Å². The minimum atomic E-state index is -1.00. The maximum Gasteiger partial charge on any atom is 0.255 e. The van der Waals surface area contributed by atoms with E-state index < -0.39 is 5.54 Å². The molecule has 5 nitrogen and oxygen atoms in total. The van der Waals surface area contributed by atoms with E-state index in [1.807, 2.05) is 41.0 Å². The fraction of sp³-hybridized carbons (Fsp3) is 0.385. The van der Waals surface area contributed by atoms with Crippen molar-refractivity contribution in [1.29, 1.82) is 0 Å². The number of benzene rings is 2. The molecule has 1 saturated carbocycles. The fourth-order valence-corrected chi connectivity index (χ4v) is 6.40. The number of H-pyrrole nitrogens is 1. The van der Waals surface area contributed by atoms with Gasteiger partial charge in [-0.2, -0.15) is 0 Å². The van der Waals surface area contributed by atoms with Gasteiger partial charge in [-0.05, 0) is 49.1 Å². The zero-order valence-corrected chi connectivity index (χ0v) is 19.7. The molecule has 1 aliphatic carbocycles. The van der Waals surface area contributed by atoms with Gasteiger partial charge in [-0.25, -0.2) is 0 Å². The van der Waals surface area contributed by atoms with Crippen LogP contribution < -0.4 is 0 Å². The minimum absolute atomic E-state index is 0.0112. The van der Waals surface area contributed by atoms with Gasteiger partial charge in [0, 0.05) is 33.9 Å². The Morgan fingerprint density at radius 1 is 1.03 bits per heavy atom. The molecule has 1 unspecified atom stereocenters. The molecule has 2 aromatic carbocycles. The van der Waals surface area contributed by atoms with Gasteiger partial charge < -0.3 is 14.8 Å². The fourth-order valence-electron chi connectivity index (χ4n) is 6.14. The van der Waals surface area contributed by atoms with E-state index in [0.717, 1.165) is 57.9 Å². The number of fused-ring (bicyclic) bond motifs is 5. The van der Waals surface area contributed by atoms with Gasteiger partial charge in [-0.1, -0.05) is 59.1 Å². The number of piperazine rings is 1. The molecule has 2 fully saturated rings. The summed E-state index contributed by atoms with van der Waals surface area (Å²) in [5.41, 5.74) is 3.19. The smallest absolute Gasteiger partial charge is 0.255 e. The summed E-state index contributed by atoms with van der Waals surface area (Å²) in [6.45, 7) is 2.65. The highest BCUT2D eigenvalue weighted by Crippen LogP contribution is 2.48. The van der Waals surface area contributed by atoms with Crippen molar-refractivity contribution >= 4 is 38.6 Å². The van der Waals surface area contributed by atoms with Crippen LogP contribution in [0.2, 0.25) is 0 Å². The predicted octanol–water partition coefficient (Wildman–Crippen LogP) is 4.90. The van der Waals surface area contributed by atoms with E-state index in [0.29, 0.717) is 6.54 Å². The molecule has 2 amide bonds. The lowest BCUT2D eigenvalue weighted by Crippen LogP contribution is -2.68. The highest BCUT2D eigenvalue weighted by Gasteiger charge is 2.57. The van der Waals surface area contributed by atoms with Gasteiger partial charge in [0.2, 0.25) is 5.91 Å². The van der Waals surface area contributed by atoms with E-state index in [1.165, 1.54) is 0 Å². The van der Waals surface area contributed by atoms with Gasteiger partial charge in [-0.3, -0.25) is 9.59 Å². The number of halogens is 1. The van der Waals surface area contributed by atoms with Gasteiger partial charge in [0.25, 0.3) is 5.91 Å². The summed E-state index contributed by atoms with van der Waals surface area (Å²) >= 11 is 3.53. The van der Waals surface area contributed by atoms with Crippen LogP contribution in [0.1, 0.15) is 55.3 Å². The second-order valence-corrected chi connectivity index (χ2v) is 10.4. The highest BCUT2D eigenvalue weighted by atomic mass is 79.9. The van der Waals surface area contributed by atoms with Crippen LogP contribution in [0.4, 0.5) is 0 Å². The maximum atomic E-state index is 14.0. The minimum Gasteiger partial charge on any atom is -0.356 e. The van der Waals surface area contributed by atoms with E-state index in [-0.39, 0.29) is 30.3 Å². The third-order valence-corrected chi connectivity index (χ3v) is 8.34. The van der Waals surface area contributed by atoms with E-state index in [4.69, 9.17) is 0 Å². The first kappa shape index (κ1) is 20.0. The Morgan fingerprint density at radius 3 is 2.50 bits per heavy atom. The molecule has 6 rings (SSSR count). The Hall–Kier alpha value is -2.60. The van der Waals surface area contributed by atoms with Crippen LogP contribution in [0.25, 0.3) is 10.9 Å². The lowest BCUT2D eigenvalue weighted by Gasteiger charge is -2.52. The predicted molar refractivity (Wildman–Crippen MR) is 127 cm³/mol. The van der Waals surface area contributed by atoms with Crippen molar-refractivity contribution in [3.05, 3.63) is 69.8 Å². The first-order chi connectivity index (χ1) is 15.5. The molecular formula is C26H26BrN3O2. The van der Waals surface area contributed by atoms with Crippen molar-refractivity contribution in [3.63, 3.8) is 0 Å². The summed E-state index contributed by atoms with van der Waals surface area (Å²) in [5.74, 6) is 0.119. The number of nitrogens with one attached hydrogen (secondary N) is 1. The molecule has 164 valence electrons. The Labute approximate surface area is 195 Å². The van der Waals surface area contributed by atoms with Crippen LogP contribution in [0.3, 0.4) is 0 Å². The molecule has 32 heavy (non-hydrogen) atoms. The monoisotopic (exact) mass is 491 g/mol. The van der Waals surface area contributed by atoms with Gasteiger partial charge in [0.1, 0.15) is 6.54 Å². The molecule has 2 atom stereocenters. The van der Waals surface area contributed by atoms with E-state index in [2.05, 4.69) is 45.2 Å². The molecule has 0 bridgehead atoms. The van der Waals surface area contributed by atoms with Crippen molar-refractivity contribution in [2.45, 2.75) is 50.1 Å². The molecule has 3 heterocycles. The molecule has 1 aromatic heterocycles. The third-order valence-electron chi connectivity index (χ3n) is 7.81.